The molecule has 9 heteroatoms. The topological polar surface area (TPSA) is 24.4 Å². The quantitative estimate of drug-likeness (QED) is 0.0895. The van der Waals surface area contributed by atoms with Crippen molar-refractivity contribution in [3.63, 3.8) is 0 Å². The van der Waals surface area contributed by atoms with Gasteiger partial charge < -0.3 is 5.32 Å². The number of nitrogens with zero attached hydrogens (tertiary/aromatic N) is 1. The van der Waals surface area contributed by atoms with Crippen LogP contribution >= 0.6 is 11.8 Å². The van der Waals surface area contributed by atoms with Crippen LogP contribution in [0.5, 0.6) is 0 Å². The van der Waals surface area contributed by atoms with Gasteiger partial charge in [-0.2, -0.15) is 38.1 Å². The Morgan fingerprint density at radius 2 is 1.48 bits per heavy atom. The second-order valence-electron chi connectivity index (χ2n) is 15.7. The Balaban J connectivity index is 1.46. The Labute approximate surface area is 323 Å². The van der Waals surface area contributed by atoms with Gasteiger partial charge in [0.1, 0.15) is 5.84 Å². The molecule has 3 unspecified atom stereocenters. The number of aliphatic imine (C=N–C) groups is 1. The van der Waals surface area contributed by atoms with E-state index in [4.69, 9.17) is 0 Å². The highest BCUT2D eigenvalue weighted by atomic mass is 32.2. The molecule has 2 saturated carbocycles. The molecule has 54 heavy (non-hydrogen) atoms. The van der Waals surface area contributed by atoms with Gasteiger partial charge in [0.05, 0.1) is 11.1 Å². The normalized spacial score (nSPS) is 22.8. The lowest BCUT2D eigenvalue weighted by atomic mass is 9.76. The van der Waals surface area contributed by atoms with Crippen molar-refractivity contribution in [2.75, 3.05) is 16.8 Å². The number of amidine groups is 1. The first kappa shape index (κ1) is 42.2. The number of halogens is 6. The summed E-state index contributed by atoms with van der Waals surface area (Å²) in [5.74, 6) is 6.71. The Morgan fingerprint density at radius 1 is 0.852 bits per heavy atom. The van der Waals surface area contributed by atoms with Gasteiger partial charge in [-0.25, -0.2) is 4.99 Å². The zero-order chi connectivity index (χ0) is 38.9. The number of hydrogen-bond acceptors (Lipinski definition) is 2. The van der Waals surface area contributed by atoms with Gasteiger partial charge in [0.15, 0.2) is 0 Å². The van der Waals surface area contributed by atoms with Gasteiger partial charge in [0.2, 0.25) is 0 Å². The van der Waals surface area contributed by atoms with E-state index in [2.05, 4.69) is 79.3 Å². The molecule has 5 rings (SSSR count). The summed E-state index contributed by atoms with van der Waals surface area (Å²) in [7, 11) is 0. The predicted molar refractivity (Wildman–Crippen MR) is 215 cm³/mol. The highest BCUT2D eigenvalue weighted by molar-refractivity contribution is 7.99. The molecule has 3 fully saturated rings. The van der Waals surface area contributed by atoms with Gasteiger partial charge in [-0.15, -0.1) is 0 Å². The third kappa shape index (κ3) is 11.8. The summed E-state index contributed by atoms with van der Waals surface area (Å²) in [6, 6.07) is 10.4. The van der Waals surface area contributed by atoms with Crippen LogP contribution in [0.1, 0.15) is 127 Å². The Bertz CT molecular complexity index is 1600. The Morgan fingerprint density at radius 3 is 2.06 bits per heavy atom. The molecule has 0 bridgehead atoms. The van der Waals surface area contributed by atoms with Crippen molar-refractivity contribution < 1.29 is 26.3 Å². The van der Waals surface area contributed by atoms with Crippen LogP contribution in [0.4, 0.5) is 32.0 Å². The fraction of sp³-hybridized carbons (Fsp3) is 0.578. The van der Waals surface area contributed by atoms with Crippen LogP contribution in [0.15, 0.2) is 77.0 Å². The number of alkyl halides is 6. The van der Waals surface area contributed by atoms with Crippen molar-refractivity contribution in [2.24, 2.45) is 34.6 Å². The zero-order valence-corrected chi connectivity index (χ0v) is 33.2. The largest absolute Gasteiger partial charge is 0.416 e. The molecular weight excluding hydrogens is 715 g/mol. The lowest BCUT2D eigenvalue weighted by Crippen LogP contribution is -2.17. The number of rotatable bonds is 14. The summed E-state index contributed by atoms with van der Waals surface area (Å²) in [5, 5.41) is 2.71. The number of benzene rings is 2. The monoisotopic (exact) mass is 772 g/mol. The zero-order valence-electron chi connectivity index (χ0n) is 32.4. The molecule has 1 heterocycles. The van der Waals surface area contributed by atoms with Gasteiger partial charge >= 0.3 is 12.4 Å². The summed E-state index contributed by atoms with van der Waals surface area (Å²) < 4.78 is 81.5. The minimum absolute atomic E-state index is 0.134. The van der Waals surface area contributed by atoms with Crippen molar-refractivity contribution in [1.82, 2.24) is 0 Å². The summed E-state index contributed by atoms with van der Waals surface area (Å²) in [4.78, 5) is 4.63. The fourth-order valence-electron chi connectivity index (χ4n) is 8.77. The molecule has 1 aliphatic heterocycles. The van der Waals surface area contributed by atoms with Crippen molar-refractivity contribution in [3.8, 4) is 0 Å². The first-order valence-corrected chi connectivity index (χ1v) is 21.3. The first-order chi connectivity index (χ1) is 25.8. The van der Waals surface area contributed by atoms with E-state index in [-0.39, 0.29) is 17.6 Å². The Hall–Kier alpha value is -2.94. The molecule has 0 amide bonds. The number of aryl methyl sites for hydroxylation is 1. The van der Waals surface area contributed by atoms with E-state index in [9.17, 15) is 26.3 Å². The predicted octanol–water partition coefficient (Wildman–Crippen LogP) is 14.6. The molecule has 2 aromatic carbocycles. The van der Waals surface area contributed by atoms with E-state index >= 15 is 0 Å². The van der Waals surface area contributed by atoms with Gasteiger partial charge in [-0.1, -0.05) is 95.2 Å². The smallest absolute Gasteiger partial charge is 0.344 e. The highest BCUT2D eigenvalue weighted by Gasteiger charge is 2.48. The number of anilines is 1. The summed E-state index contributed by atoms with van der Waals surface area (Å²) in [5.41, 5.74) is 2.33. The van der Waals surface area contributed by atoms with Gasteiger partial charge in [-0.3, -0.25) is 0 Å². The minimum Gasteiger partial charge on any atom is -0.344 e. The third-order valence-corrected chi connectivity index (χ3v) is 13.0. The van der Waals surface area contributed by atoms with Crippen molar-refractivity contribution in [1.29, 1.82) is 0 Å². The summed E-state index contributed by atoms with van der Waals surface area (Å²) >= 11 is 2.10. The number of fused-ring (bicyclic) bond motifs is 1. The van der Waals surface area contributed by atoms with Crippen LogP contribution in [0.3, 0.4) is 0 Å². The number of thioether (sulfide) groups is 1. The second kappa shape index (κ2) is 19.3. The van der Waals surface area contributed by atoms with E-state index in [1.54, 1.807) is 13.1 Å². The number of allylic oxidation sites excluding steroid dienone is 5. The van der Waals surface area contributed by atoms with Crippen LogP contribution in [0.2, 0.25) is 0 Å². The first-order valence-electron chi connectivity index (χ1n) is 20.1. The SMILES string of the molecule is CCC/C=C(C)/C(=C\N=C(C)Nc1cc(C(F)(F)F)cc(C(F)(F)F)c1)C(=C\CC(CC)C1CCCCC1)/c1ccc(CCC2C3CCSCCC32)cc1. The molecule has 2 nitrogen and oxygen atoms in total. The molecule has 2 aliphatic carbocycles. The summed E-state index contributed by atoms with van der Waals surface area (Å²) in [6.45, 7) is 8.00. The lowest BCUT2D eigenvalue weighted by molar-refractivity contribution is -0.143. The maximum Gasteiger partial charge on any atom is 0.416 e. The lowest BCUT2D eigenvalue weighted by Gasteiger charge is -2.29. The van der Waals surface area contributed by atoms with E-state index in [1.165, 1.54) is 68.4 Å². The Kier molecular flexibility index (Phi) is 15.1. The molecule has 1 saturated heterocycles. The van der Waals surface area contributed by atoms with Gasteiger partial charge in [-0.05, 0) is 134 Å². The maximum atomic E-state index is 13.6. The minimum atomic E-state index is -4.94. The molecule has 0 spiro atoms. The highest BCUT2D eigenvalue weighted by Crippen LogP contribution is 2.55. The molecule has 0 aromatic heterocycles. The summed E-state index contributed by atoms with van der Waals surface area (Å²) in [6.07, 6.45) is 11.6. The van der Waals surface area contributed by atoms with E-state index < -0.39 is 23.5 Å². The van der Waals surface area contributed by atoms with Crippen LogP contribution < -0.4 is 5.32 Å². The van der Waals surface area contributed by atoms with Crippen LogP contribution in [0.25, 0.3) is 5.57 Å². The third-order valence-electron chi connectivity index (χ3n) is 12.0. The van der Waals surface area contributed by atoms with Gasteiger partial charge in [0.25, 0.3) is 0 Å². The number of unbranched alkanes of at least 4 members (excludes halogenated alkanes) is 1. The van der Waals surface area contributed by atoms with E-state index in [0.717, 1.165) is 72.1 Å². The van der Waals surface area contributed by atoms with Crippen molar-refractivity contribution in [3.05, 3.63) is 94.2 Å². The van der Waals surface area contributed by atoms with Crippen LogP contribution in [-0.4, -0.2) is 17.3 Å². The van der Waals surface area contributed by atoms with Crippen LogP contribution in [0, 0.1) is 29.6 Å². The van der Waals surface area contributed by atoms with Crippen molar-refractivity contribution >= 4 is 28.9 Å². The van der Waals surface area contributed by atoms with E-state index in [0.29, 0.717) is 24.0 Å². The average Bonchev–Trinajstić information content (AvgIpc) is 3.87. The number of hydrogen-bond donors (Lipinski definition) is 1. The van der Waals surface area contributed by atoms with E-state index in [1.807, 2.05) is 0 Å². The molecular formula is C45H58F6N2S. The molecule has 296 valence electrons. The standard InChI is InChI=1S/C45H58F6N2S/c1-5-7-11-30(3)43(29-52-31(4)53-38-27-36(44(46,47)48)26-37(28-38)45(49,50)51)39(21-19-33(6-2)34-12-9-8-10-13-34)35-17-14-32(15-18-35)16-20-40-41-22-24-54-25-23-42(40)41/h11,14-15,17-18,21,26-29,33-34,40-42H,5-10,12-13,16,19-20,22-25H2,1-4H3,(H,52,53)/b30-11+,39-21-,43-29+. The van der Waals surface area contributed by atoms with Crippen LogP contribution in [-0.2, 0) is 18.8 Å². The molecule has 2 aromatic rings. The van der Waals surface area contributed by atoms with Gasteiger partial charge in [0, 0.05) is 17.5 Å². The number of nitrogens with one attached hydrogen (secondary N) is 1. The fourth-order valence-corrected chi connectivity index (χ4v) is 9.85. The maximum absolute atomic E-state index is 13.6. The molecule has 1 N–H and O–H groups in total. The molecule has 3 aliphatic rings. The van der Waals surface area contributed by atoms with Crippen molar-refractivity contribution in [2.45, 2.75) is 124 Å². The molecule has 0 radical (unpaired) electrons. The average molecular weight is 773 g/mol. The second-order valence-corrected chi connectivity index (χ2v) is 16.9. The molecule has 3 atom stereocenters.